The van der Waals surface area contributed by atoms with E-state index in [9.17, 15) is 4.79 Å². The summed E-state index contributed by atoms with van der Waals surface area (Å²) in [6.07, 6.45) is 14.1. The fraction of sp³-hybridized carbons (Fsp3) is 0.783. The third kappa shape index (κ3) is 2.90. The number of hydrogen-bond donors (Lipinski definition) is 0. The fourth-order valence-corrected chi connectivity index (χ4v) is 7.16. The van der Waals surface area contributed by atoms with Crippen LogP contribution in [0.15, 0.2) is 23.8 Å². The quantitative estimate of drug-likeness (QED) is 0.352. The average molecular weight is 345 g/mol. The average Bonchev–Trinajstić information content (AvgIpc) is 2.52. The molecule has 2 heteroatoms. The molecule has 3 rings (SSSR count). The molecule has 5 atom stereocenters. The van der Waals surface area contributed by atoms with Crippen LogP contribution in [0.4, 0.5) is 0 Å². The molecule has 25 heavy (non-hydrogen) atoms. The van der Waals surface area contributed by atoms with Crippen molar-refractivity contribution in [1.82, 2.24) is 0 Å². The summed E-state index contributed by atoms with van der Waals surface area (Å²) in [4.78, 5) is 11.7. The molecule has 140 valence electrons. The lowest BCUT2D eigenvalue weighted by atomic mass is 9.40. The van der Waals surface area contributed by atoms with E-state index in [0.717, 1.165) is 5.92 Å². The molecule has 0 heterocycles. The molecule has 0 unspecified atom stereocenters. The second kappa shape index (κ2) is 6.28. The lowest BCUT2D eigenvalue weighted by Gasteiger charge is -2.65. The lowest BCUT2D eigenvalue weighted by molar-refractivity contribution is -0.140. The van der Waals surface area contributed by atoms with Gasteiger partial charge in [-0.3, -0.25) is 0 Å². The van der Waals surface area contributed by atoms with E-state index in [1.807, 2.05) is 0 Å². The number of esters is 1. The Labute approximate surface area is 154 Å². The summed E-state index contributed by atoms with van der Waals surface area (Å²) >= 11 is 0. The molecule has 0 aliphatic heterocycles. The van der Waals surface area contributed by atoms with Crippen LogP contribution in [0.25, 0.3) is 0 Å². The maximum Gasteiger partial charge on any atom is 0.330 e. The highest BCUT2D eigenvalue weighted by atomic mass is 16.5. The molecule has 0 radical (unpaired) electrons. The number of ether oxygens (including phenoxy) is 1. The first kappa shape index (κ1) is 18.7. The van der Waals surface area contributed by atoms with Crippen molar-refractivity contribution in [2.24, 2.45) is 34.0 Å². The molecule has 3 aliphatic rings. The van der Waals surface area contributed by atoms with Crippen molar-refractivity contribution in [3.63, 3.8) is 0 Å². The molecule has 0 bridgehead atoms. The molecule has 0 aromatic carbocycles. The van der Waals surface area contributed by atoms with Gasteiger partial charge in [0, 0.05) is 12.0 Å². The summed E-state index contributed by atoms with van der Waals surface area (Å²) in [5.41, 5.74) is 2.56. The first-order chi connectivity index (χ1) is 11.6. The second-order valence-corrected chi connectivity index (χ2v) is 10.0. The van der Waals surface area contributed by atoms with Gasteiger partial charge >= 0.3 is 5.97 Å². The van der Waals surface area contributed by atoms with Crippen LogP contribution >= 0.6 is 0 Å². The van der Waals surface area contributed by atoms with E-state index >= 15 is 0 Å². The normalized spacial score (nSPS) is 43.1. The molecule has 0 spiro atoms. The van der Waals surface area contributed by atoms with Crippen LogP contribution in [0.3, 0.4) is 0 Å². The topological polar surface area (TPSA) is 26.3 Å². The van der Waals surface area contributed by atoms with Crippen molar-refractivity contribution >= 4 is 5.97 Å². The predicted molar refractivity (Wildman–Crippen MR) is 103 cm³/mol. The van der Waals surface area contributed by atoms with E-state index in [0.29, 0.717) is 22.7 Å². The zero-order valence-electron chi connectivity index (χ0n) is 17.0. The summed E-state index contributed by atoms with van der Waals surface area (Å²) in [6.45, 7) is 12.3. The van der Waals surface area contributed by atoms with Crippen LogP contribution < -0.4 is 0 Å². The van der Waals surface area contributed by atoms with Crippen LogP contribution in [0.5, 0.6) is 0 Å². The van der Waals surface area contributed by atoms with Crippen LogP contribution in [-0.2, 0) is 9.53 Å². The lowest BCUT2D eigenvalue weighted by Crippen LogP contribution is -2.57. The standard InChI is InChI=1S/C23H36O2/c1-16-8-10-19-22(4,17(16)9-11-20(24)25-6)15-12-18-21(2,3)13-7-14-23(18,19)5/h8-9,11,17-19H,7,10,12-15H2,1-6H3/b11-9+/t17-,18-,19-,22-,23-/m0/s1. The van der Waals surface area contributed by atoms with E-state index in [-0.39, 0.29) is 11.4 Å². The largest absolute Gasteiger partial charge is 0.466 e. The molecule has 2 nitrogen and oxygen atoms in total. The van der Waals surface area contributed by atoms with E-state index < -0.39 is 0 Å². The SMILES string of the molecule is COC(=O)/C=C/[C@H]1C(C)=CC[C@H]2[C@@]1(C)CC[C@H]1C(C)(C)CCC[C@]21C. The molecule has 0 aromatic heterocycles. The molecule has 2 saturated carbocycles. The van der Waals surface area contributed by atoms with Crippen molar-refractivity contribution in [1.29, 1.82) is 0 Å². The minimum Gasteiger partial charge on any atom is -0.466 e. The van der Waals surface area contributed by atoms with E-state index in [4.69, 9.17) is 4.74 Å². The fourth-order valence-electron chi connectivity index (χ4n) is 7.16. The Hall–Kier alpha value is -1.05. The summed E-state index contributed by atoms with van der Waals surface area (Å²) in [7, 11) is 1.46. The summed E-state index contributed by atoms with van der Waals surface area (Å²) in [5, 5.41) is 0. The zero-order chi connectivity index (χ0) is 18.5. The van der Waals surface area contributed by atoms with Gasteiger partial charge in [-0.1, -0.05) is 51.8 Å². The molecule has 2 fully saturated rings. The van der Waals surface area contributed by atoms with Gasteiger partial charge in [-0.15, -0.1) is 0 Å². The Morgan fingerprint density at radius 1 is 1.12 bits per heavy atom. The van der Waals surface area contributed by atoms with Gasteiger partial charge in [-0.05, 0) is 67.1 Å². The minimum atomic E-state index is -0.239. The van der Waals surface area contributed by atoms with E-state index in [1.165, 1.54) is 51.2 Å². The van der Waals surface area contributed by atoms with Gasteiger partial charge in [-0.2, -0.15) is 0 Å². The summed E-state index contributed by atoms with van der Waals surface area (Å²) in [6, 6.07) is 0. The van der Waals surface area contributed by atoms with E-state index in [2.05, 4.69) is 46.8 Å². The first-order valence-electron chi connectivity index (χ1n) is 10.1. The monoisotopic (exact) mass is 344 g/mol. The number of carbonyl (C=O) groups excluding carboxylic acids is 1. The Bertz CT molecular complexity index is 599. The number of carbonyl (C=O) groups is 1. The predicted octanol–water partition coefficient (Wildman–Crippen LogP) is 5.93. The highest BCUT2D eigenvalue weighted by Crippen LogP contribution is 2.68. The van der Waals surface area contributed by atoms with E-state index in [1.54, 1.807) is 6.08 Å². The Morgan fingerprint density at radius 2 is 1.84 bits per heavy atom. The van der Waals surface area contributed by atoms with Crippen molar-refractivity contribution < 1.29 is 9.53 Å². The second-order valence-electron chi connectivity index (χ2n) is 10.0. The van der Waals surface area contributed by atoms with Gasteiger partial charge in [-0.25, -0.2) is 4.79 Å². The maximum atomic E-state index is 11.7. The smallest absolute Gasteiger partial charge is 0.330 e. The Kier molecular flexibility index (Phi) is 4.71. The number of allylic oxidation sites excluding steroid dienone is 3. The Morgan fingerprint density at radius 3 is 2.52 bits per heavy atom. The Balaban J connectivity index is 1.98. The van der Waals surface area contributed by atoms with Crippen LogP contribution in [0, 0.1) is 34.0 Å². The number of hydrogen-bond acceptors (Lipinski definition) is 2. The van der Waals surface area contributed by atoms with Crippen LogP contribution in [0.2, 0.25) is 0 Å². The minimum absolute atomic E-state index is 0.239. The molecule has 0 amide bonds. The molecule has 0 aromatic rings. The molecule has 3 aliphatic carbocycles. The molecule has 0 saturated heterocycles. The number of rotatable bonds is 2. The first-order valence-corrected chi connectivity index (χ1v) is 10.1. The van der Waals surface area contributed by atoms with Gasteiger partial charge in [0.2, 0.25) is 0 Å². The van der Waals surface area contributed by atoms with Crippen LogP contribution in [0.1, 0.15) is 73.1 Å². The van der Waals surface area contributed by atoms with Gasteiger partial charge < -0.3 is 4.74 Å². The third-order valence-corrected chi connectivity index (χ3v) is 8.34. The van der Waals surface area contributed by atoms with Gasteiger partial charge in [0.05, 0.1) is 7.11 Å². The van der Waals surface area contributed by atoms with Gasteiger partial charge in [0.15, 0.2) is 0 Å². The maximum absolute atomic E-state index is 11.7. The zero-order valence-corrected chi connectivity index (χ0v) is 17.0. The van der Waals surface area contributed by atoms with Crippen molar-refractivity contribution in [2.75, 3.05) is 7.11 Å². The highest BCUT2D eigenvalue weighted by molar-refractivity contribution is 5.81. The van der Waals surface area contributed by atoms with Gasteiger partial charge in [0.25, 0.3) is 0 Å². The number of fused-ring (bicyclic) bond motifs is 3. The molecule has 0 N–H and O–H groups in total. The third-order valence-electron chi connectivity index (χ3n) is 8.34. The highest BCUT2D eigenvalue weighted by Gasteiger charge is 2.60. The van der Waals surface area contributed by atoms with Crippen molar-refractivity contribution in [3.8, 4) is 0 Å². The van der Waals surface area contributed by atoms with Crippen molar-refractivity contribution in [2.45, 2.75) is 73.1 Å². The van der Waals surface area contributed by atoms with Crippen LogP contribution in [-0.4, -0.2) is 13.1 Å². The van der Waals surface area contributed by atoms with Gasteiger partial charge in [0.1, 0.15) is 0 Å². The summed E-state index contributed by atoms with van der Waals surface area (Å²) in [5.74, 6) is 1.64. The summed E-state index contributed by atoms with van der Waals surface area (Å²) < 4.78 is 4.83. The molecular formula is C23H36O2. The molecular weight excluding hydrogens is 308 g/mol. The van der Waals surface area contributed by atoms with Crippen molar-refractivity contribution in [3.05, 3.63) is 23.8 Å². The number of methoxy groups -OCH3 is 1.